The number of aryl methyl sites for hydroxylation is 1. The molecule has 3 aromatic heterocycles. The zero-order chi connectivity index (χ0) is 21.5. The molecule has 0 amide bonds. The highest BCUT2D eigenvalue weighted by Crippen LogP contribution is 2.40. The zero-order valence-electron chi connectivity index (χ0n) is 16.8. The van der Waals surface area contributed by atoms with Gasteiger partial charge in [0.25, 0.3) is 0 Å². The van der Waals surface area contributed by atoms with Crippen molar-refractivity contribution in [1.29, 1.82) is 0 Å². The van der Waals surface area contributed by atoms with E-state index < -0.39 is 9.84 Å². The molecular weight excluding hydrogens is 492 g/mol. The molecule has 1 saturated heterocycles. The second-order valence-electron chi connectivity index (χ2n) is 7.08. The number of anilines is 1. The minimum Gasteiger partial charge on any atom is -0.481 e. The predicted molar refractivity (Wildman–Crippen MR) is 121 cm³/mol. The molecule has 4 heterocycles. The smallest absolute Gasteiger partial charge is 0.226 e. The van der Waals surface area contributed by atoms with Crippen LogP contribution in [0, 0.1) is 6.92 Å². The second kappa shape index (κ2) is 8.37. The number of aromatic nitrogens is 3. The molecule has 0 radical (unpaired) electrons. The fourth-order valence-electron chi connectivity index (χ4n) is 3.35. The lowest BCUT2D eigenvalue weighted by Gasteiger charge is -2.27. The third-order valence-corrected chi connectivity index (χ3v) is 7.90. The molecule has 0 aromatic carbocycles. The van der Waals surface area contributed by atoms with Crippen LogP contribution in [0.1, 0.15) is 10.4 Å². The monoisotopic (exact) mass is 512 g/mol. The van der Waals surface area contributed by atoms with Crippen LogP contribution in [-0.2, 0) is 20.3 Å². The van der Waals surface area contributed by atoms with E-state index in [2.05, 4.69) is 25.8 Å². The van der Waals surface area contributed by atoms with Gasteiger partial charge in [-0.15, -0.1) is 11.3 Å². The molecule has 8 nitrogen and oxygen atoms in total. The molecule has 0 N–H and O–H groups in total. The van der Waals surface area contributed by atoms with E-state index in [1.165, 1.54) is 13.4 Å². The van der Waals surface area contributed by atoms with Crippen molar-refractivity contribution in [2.24, 2.45) is 0 Å². The molecule has 3 aromatic rings. The van der Waals surface area contributed by atoms with E-state index in [1.54, 1.807) is 23.6 Å². The minimum atomic E-state index is -3.26. The first-order valence-electron chi connectivity index (χ1n) is 9.27. The van der Waals surface area contributed by atoms with Gasteiger partial charge in [-0.2, -0.15) is 0 Å². The average Bonchev–Trinajstić information content (AvgIpc) is 3.01. The SMILES string of the molecule is COc1ncc(-c2nc(N3CCOCC3)nc3c(Br)c(C)sc23)cc1CS(C)(=O)=O. The molecule has 0 unspecified atom stereocenters. The maximum Gasteiger partial charge on any atom is 0.226 e. The van der Waals surface area contributed by atoms with E-state index in [9.17, 15) is 8.42 Å². The summed E-state index contributed by atoms with van der Waals surface area (Å²) in [6.45, 7) is 4.71. The van der Waals surface area contributed by atoms with Crippen LogP contribution in [0.15, 0.2) is 16.7 Å². The predicted octanol–water partition coefficient (Wildman–Crippen LogP) is 3.21. The van der Waals surface area contributed by atoms with Gasteiger partial charge in [-0.3, -0.25) is 0 Å². The summed E-state index contributed by atoms with van der Waals surface area (Å²) in [6.07, 6.45) is 2.86. The molecule has 0 aliphatic carbocycles. The quantitative estimate of drug-likeness (QED) is 0.514. The summed E-state index contributed by atoms with van der Waals surface area (Å²) in [5.41, 5.74) is 2.80. The molecule has 160 valence electrons. The van der Waals surface area contributed by atoms with Crippen LogP contribution in [0.5, 0.6) is 5.88 Å². The molecule has 0 spiro atoms. The molecule has 1 aliphatic heterocycles. The minimum absolute atomic E-state index is 0.158. The number of thiophene rings is 1. The number of pyridine rings is 1. The van der Waals surface area contributed by atoms with E-state index in [0.29, 0.717) is 43.7 Å². The Morgan fingerprint density at radius 1 is 1.30 bits per heavy atom. The molecule has 0 atom stereocenters. The normalized spacial score (nSPS) is 15.0. The van der Waals surface area contributed by atoms with Crippen LogP contribution in [-0.4, -0.2) is 63.0 Å². The van der Waals surface area contributed by atoms with E-state index >= 15 is 0 Å². The molecule has 0 bridgehead atoms. The summed E-state index contributed by atoms with van der Waals surface area (Å²) in [4.78, 5) is 17.2. The zero-order valence-corrected chi connectivity index (χ0v) is 20.0. The Bertz CT molecular complexity index is 1210. The topological polar surface area (TPSA) is 94.5 Å². The molecular formula is C19H21BrN4O4S2. The Morgan fingerprint density at radius 2 is 2.03 bits per heavy atom. The second-order valence-corrected chi connectivity index (χ2v) is 11.2. The Balaban J connectivity index is 1.91. The Kier molecular flexibility index (Phi) is 5.97. The van der Waals surface area contributed by atoms with Crippen molar-refractivity contribution < 1.29 is 17.9 Å². The van der Waals surface area contributed by atoms with Crippen molar-refractivity contribution in [3.05, 3.63) is 27.2 Å². The van der Waals surface area contributed by atoms with E-state index in [1.807, 2.05) is 6.92 Å². The van der Waals surface area contributed by atoms with Crippen molar-refractivity contribution in [2.75, 3.05) is 44.6 Å². The first kappa shape index (κ1) is 21.4. The van der Waals surface area contributed by atoms with Gasteiger partial charge in [0.15, 0.2) is 9.84 Å². The highest BCUT2D eigenvalue weighted by atomic mass is 79.9. The van der Waals surface area contributed by atoms with Gasteiger partial charge < -0.3 is 14.4 Å². The number of fused-ring (bicyclic) bond motifs is 1. The van der Waals surface area contributed by atoms with Crippen LogP contribution in [0.2, 0.25) is 0 Å². The fraction of sp³-hybridized carbons (Fsp3) is 0.421. The summed E-state index contributed by atoms with van der Waals surface area (Å²) in [5.74, 6) is 0.764. The van der Waals surface area contributed by atoms with Crippen LogP contribution in [0.3, 0.4) is 0 Å². The summed E-state index contributed by atoms with van der Waals surface area (Å²) in [5, 5.41) is 0. The van der Waals surface area contributed by atoms with Gasteiger partial charge in [0.2, 0.25) is 11.8 Å². The summed E-state index contributed by atoms with van der Waals surface area (Å²) in [7, 11) is -1.78. The van der Waals surface area contributed by atoms with Gasteiger partial charge in [0.05, 0.1) is 40.9 Å². The Morgan fingerprint density at radius 3 is 2.70 bits per heavy atom. The number of morpholine rings is 1. The van der Waals surface area contributed by atoms with Crippen molar-refractivity contribution in [2.45, 2.75) is 12.7 Å². The number of ether oxygens (including phenoxy) is 2. The average molecular weight is 513 g/mol. The molecule has 4 rings (SSSR count). The standard InChI is InChI=1S/C19H21BrN4O4S2/c1-11-14(20)16-17(29-11)15(22-19(23-16)24-4-6-28-7-5-24)12-8-13(10-30(3,25)26)18(27-2)21-9-12/h8-9H,4-7,10H2,1-3H3. The van der Waals surface area contributed by atoms with Crippen LogP contribution < -0.4 is 9.64 Å². The largest absolute Gasteiger partial charge is 0.481 e. The molecule has 1 aliphatic rings. The van der Waals surface area contributed by atoms with E-state index in [4.69, 9.17) is 19.4 Å². The van der Waals surface area contributed by atoms with Gasteiger partial charge in [-0.1, -0.05) is 0 Å². The van der Waals surface area contributed by atoms with E-state index in [0.717, 1.165) is 30.8 Å². The molecule has 0 saturated carbocycles. The number of hydrogen-bond acceptors (Lipinski definition) is 9. The summed E-state index contributed by atoms with van der Waals surface area (Å²) in [6, 6.07) is 1.79. The number of nitrogens with zero attached hydrogens (tertiary/aromatic N) is 4. The molecule has 30 heavy (non-hydrogen) atoms. The number of sulfone groups is 1. The number of methoxy groups -OCH3 is 1. The van der Waals surface area contributed by atoms with Gasteiger partial charge >= 0.3 is 0 Å². The lowest BCUT2D eigenvalue weighted by Crippen LogP contribution is -2.37. The lowest BCUT2D eigenvalue weighted by atomic mass is 10.1. The van der Waals surface area contributed by atoms with E-state index in [-0.39, 0.29) is 5.75 Å². The van der Waals surface area contributed by atoms with Crippen LogP contribution >= 0.6 is 27.3 Å². The number of hydrogen-bond donors (Lipinski definition) is 0. The summed E-state index contributed by atoms with van der Waals surface area (Å²) < 4.78 is 36.4. The van der Waals surface area contributed by atoms with Gasteiger partial charge in [0.1, 0.15) is 5.52 Å². The van der Waals surface area contributed by atoms with Crippen LogP contribution in [0.25, 0.3) is 21.5 Å². The van der Waals surface area contributed by atoms with Gasteiger partial charge in [-0.25, -0.2) is 23.4 Å². The fourth-order valence-corrected chi connectivity index (χ4v) is 5.78. The molecule has 11 heteroatoms. The maximum absolute atomic E-state index is 11.9. The van der Waals surface area contributed by atoms with Crippen molar-refractivity contribution >= 4 is 53.3 Å². The lowest BCUT2D eigenvalue weighted by molar-refractivity contribution is 0.122. The summed E-state index contributed by atoms with van der Waals surface area (Å²) >= 11 is 5.25. The first-order valence-corrected chi connectivity index (χ1v) is 12.9. The third-order valence-electron chi connectivity index (χ3n) is 4.73. The number of rotatable bonds is 5. The van der Waals surface area contributed by atoms with Crippen LogP contribution in [0.4, 0.5) is 5.95 Å². The Labute approximate surface area is 187 Å². The van der Waals surface area contributed by atoms with Crippen molar-refractivity contribution in [3.63, 3.8) is 0 Å². The third kappa shape index (κ3) is 4.29. The highest BCUT2D eigenvalue weighted by molar-refractivity contribution is 9.10. The van der Waals surface area contributed by atoms with Crippen molar-refractivity contribution in [3.8, 4) is 17.1 Å². The number of halogens is 1. The first-order chi connectivity index (χ1) is 14.3. The maximum atomic E-state index is 11.9. The van der Waals surface area contributed by atoms with Gasteiger partial charge in [0, 0.05) is 41.5 Å². The van der Waals surface area contributed by atoms with Gasteiger partial charge in [-0.05, 0) is 28.9 Å². The highest BCUT2D eigenvalue weighted by Gasteiger charge is 2.22. The van der Waals surface area contributed by atoms with Crippen molar-refractivity contribution in [1.82, 2.24) is 15.0 Å². The molecule has 1 fully saturated rings. The Hall–Kier alpha value is -1.82.